The Morgan fingerprint density at radius 1 is 1.23 bits per heavy atom. The van der Waals surface area contributed by atoms with Gasteiger partial charge in [0.1, 0.15) is 0 Å². The number of nitrogens with one attached hydrogen (secondary N) is 1. The predicted octanol–water partition coefficient (Wildman–Crippen LogP) is 2.66. The van der Waals surface area contributed by atoms with Crippen LogP contribution in [0.3, 0.4) is 0 Å². The van der Waals surface area contributed by atoms with Crippen LogP contribution in [0, 0.1) is 5.92 Å². The molecule has 2 fully saturated rings. The van der Waals surface area contributed by atoms with Crippen LogP contribution < -0.4 is 16.0 Å². The van der Waals surface area contributed by atoms with Gasteiger partial charge in [0.2, 0.25) is 5.91 Å². The van der Waals surface area contributed by atoms with Gasteiger partial charge in [0.15, 0.2) is 0 Å². The number of hydrogen-bond donors (Lipinski definition) is 2. The fraction of sp³-hybridized carbons (Fsp3) is 0.588. The highest BCUT2D eigenvalue weighted by atomic mass is 79.9. The van der Waals surface area contributed by atoms with Crippen LogP contribution in [0.4, 0.5) is 5.69 Å². The molecule has 3 N–H and O–H groups in total. The first-order chi connectivity index (χ1) is 10.6. The third kappa shape index (κ3) is 3.82. The summed E-state index contributed by atoms with van der Waals surface area (Å²) in [6, 6.07) is 8.82. The van der Waals surface area contributed by atoms with E-state index in [2.05, 4.69) is 50.4 Å². The van der Waals surface area contributed by atoms with Gasteiger partial charge >= 0.3 is 0 Å². The first-order valence-corrected chi connectivity index (χ1v) is 8.97. The summed E-state index contributed by atoms with van der Waals surface area (Å²) in [6.45, 7) is 1.89. The summed E-state index contributed by atoms with van der Waals surface area (Å²) in [4.78, 5) is 14.7. The van der Waals surface area contributed by atoms with Gasteiger partial charge < -0.3 is 16.0 Å². The molecule has 1 aromatic rings. The molecule has 3 unspecified atom stereocenters. The van der Waals surface area contributed by atoms with E-state index in [9.17, 15) is 4.79 Å². The second-order valence-electron chi connectivity index (χ2n) is 6.54. The van der Waals surface area contributed by atoms with E-state index in [0.29, 0.717) is 0 Å². The van der Waals surface area contributed by atoms with Crippen LogP contribution >= 0.6 is 15.9 Å². The zero-order valence-electron chi connectivity index (χ0n) is 12.8. The van der Waals surface area contributed by atoms with Crippen LogP contribution in [0.2, 0.25) is 0 Å². The lowest BCUT2D eigenvalue weighted by Crippen LogP contribution is -2.43. The number of carbonyl (C=O) groups is 1. The molecule has 0 bridgehead atoms. The minimum Gasteiger partial charge on any atom is -0.369 e. The zero-order chi connectivity index (χ0) is 15.5. The Morgan fingerprint density at radius 3 is 2.73 bits per heavy atom. The van der Waals surface area contributed by atoms with Crippen molar-refractivity contribution < 1.29 is 4.79 Å². The van der Waals surface area contributed by atoms with Crippen molar-refractivity contribution in [3.63, 3.8) is 0 Å². The number of rotatable bonds is 3. The molecule has 3 atom stereocenters. The van der Waals surface area contributed by atoms with E-state index in [1.165, 1.54) is 5.69 Å². The number of nitrogens with two attached hydrogens (primary N) is 1. The topological polar surface area (TPSA) is 58.4 Å². The van der Waals surface area contributed by atoms with Crippen molar-refractivity contribution in [2.24, 2.45) is 11.7 Å². The van der Waals surface area contributed by atoms with Gasteiger partial charge in [-0.3, -0.25) is 4.79 Å². The zero-order valence-corrected chi connectivity index (χ0v) is 14.4. The highest BCUT2D eigenvalue weighted by Crippen LogP contribution is 2.25. The summed E-state index contributed by atoms with van der Waals surface area (Å²) in [5.41, 5.74) is 7.21. The largest absolute Gasteiger partial charge is 0.369 e. The summed E-state index contributed by atoms with van der Waals surface area (Å²) in [6.07, 6.45) is 4.98. The van der Waals surface area contributed by atoms with Gasteiger partial charge in [0.25, 0.3) is 0 Å². The normalized spacial score (nSPS) is 28.6. The second-order valence-corrected chi connectivity index (χ2v) is 7.46. The van der Waals surface area contributed by atoms with Crippen molar-refractivity contribution in [1.29, 1.82) is 0 Å². The average molecular weight is 366 g/mol. The van der Waals surface area contributed by atoms with Crippen LogP contribution in [-0.4, -0.2) is 31.1 Å². The first-order valence-electron chi connectivity index (χ1n) is 8.18. The number of halogens is 1. The van der Waals surface area contributed by atoms with E-state index < -0.39 is 0 Å². The molecule has 1 saturated carbocycles. The maximum Gasteiger partial charge on any atom is 0.223 e. The summed E-state index contributed by atoms with van der Waals surface area (Å²) in [5, 5.41) is 3.23. The van der Waals surface area contributed by atoms with Crippen LogP contribution in [-0.2, 0) is 4.79 Å². The monoisotopic (exact) mass is 365 g/mol. The summed E-state index contributed by atoms with van der Waals surface area (Å²) < 4.78 is 1.09. The number of hydrogen-bond acceptors (Lipinski definition) is 3. The molecule has 5 heteroatoms. The summed E-state index contributed by atoms with van der Waals surface area (Å²) in [7, 11) is 0. The van der Waals surface area contributed by atoms with Crippen molar-refractivity contribution in [3.05, 3.63) is 28.7 Å². The lowest BCUT2D eigenvalue weighted by atomic mass is 9.85. The average Bonchev–Trinajstić information content (AvgIpc) is 2.96. The second kappa shape index (κ2) is 7.01. The van der Waals surface area contributed by atoms with Crippen molar-refractivity contribution in [3.8, 4) is 0 Å². The van der Waals surface area contributed by atoms with Gasteiger partial charge in [-0.05, 0) is 49.9 Å². The Bertz CT molecular complexity index is 519. The van der Waals surface area contributed by atoms with Crippen molar-refractivity contribution in [2.45, 2.75) is 44.2 Å². The van der Waals surface area contributed by atoms with E-state index in [1.54, 1.807) is 0 Å². The molecular formula is C17H24BrN3O. The molecule has 1 aliphatic carbocycles. The number of amides is 1. The maximum absolute atomic E-state index is 12.4. The molecular weight excluding hydrogens is 342 g/mol. The standard InChI is InChI=1S/C17H24BrN3O/c18-13-4-6-16(7-5-13)21-9-8-15(11-21)20-17(22)12-2-1-3-14(19)10-12/h4-7,12,14-15H,1-3,8-11,19H2,(H,20,22). The number of carbonyl (C=O) groups excluding carboxylic acids is 1. The molecule has 0 aromatic heterocycles. The molecule has 4 nitrogen and oxygen atoms in total. The van der Waals surface area contributed by atoms with E-state index in [1.807, 2.05) is 0 Å². The van der Waals surface area contributed by atoms with Crippen LogP contribution in [0.15, 0.2) is 28.7 Å². The molecule has 22 heavy (non-hydrogen) atoms. The van der Waals surface area contributed by atoms with Crippen LogP contribution in [0.25, 0.3) is 0 Å². The van der Waals surface area contributed by atoms with Gasteiger partial charge in [-0.25, -0.2) is 0 Å². The van der Waals surface area contributed by atoms with E-state index in [4.69, 9.17) is 5.73 Å². The van der Waals surface area contributed by atoms with Gasteiger partial charge in [-0.1, -0.05) is 22.4 Å². The Morgan fingerprint density at radius 2 is 2.00 bits per heavy atom. The van der Waals surface area contributed by atoms with Crippen molar-refractivity contribution in [2.75, 3.05) is 18.0 Å². The molecule has 0 spiro atoms. The lowest BCUT2D eigenvalue weighted by Gasteiger charge is -2.27. The number of anilines is 1. The van der Waals surface area contributed by atoms with E-state index in [0.717, 1.165) is 49.7 Å². The number of nitrogens with zero attached hydrogens (tertiary/aromatic N) is 1. The smallest absolute Gasteiger partial charge is 0.223 e. The molecule has 3 rings (SSSR count). The van der Waals surface area contributed by atoms with Gasteiger partial charge in [-0.2, -0.15) is 0 Å². The molecule has 1 heterocycles. The Hall–Kier alpha value is -1.07. The fourth-order valence-corrected chi connectivity index (χ4v) is 3.81. The SMILES string of the molecule is NC1CCCC(C(=O)NC2CCN(c3ccc(Br)cc3)C2)C1. The quantitative estimate of drug-likeness (QED) is 0.865. The van der Waals surface area contributed by atoms with Gasteiger partial charge in [0, 0.05) is 41.3 Å². The highest BCUT2D eigenvalue weighted by molar-refractivity contribution is 9.10. The van der Waals surface area contributed by atoms with Gasteiger partial charge in [0.05, 0.1) is 0 Å². The predicted molar refractivity (Wildman–Crippen MR) is 92.8 cm³/mol. The lowest BCUT2D eigenvalue weighted by molar-refractivity contribution is -0.126. The Labute approximate surface area is 140 Å². The molecule has 1 saturated heterocycles. The molecule has 1 amide bonds. The minimum absolute atomic E-state index is 0.116. The molecule has 1 aliphatic heterocycles. The third-order valence-electron chi connectivity index (χ3n) is 4.81. The van der Waals surface area contributed by atoms with Crippen LogP contribution in [0.1, 0.15) is 32.1 Å². The Kier molecular flexibility index (Phi) is 5.03. The first kappa shape index (κ1) is 15.8. The third-order valence-corrected chi connectivity index (χ3v) is 5.34. The fourth-order valence-electron chi connectivity index (χ4n) is 3.55. The highest BCUT2D eigenvalue weighted by Gasteiger charge is 2.29. The Balaban J connectivity index is 1.52. The van der Waals surface area contributed by atoms with Crippen molar-refractivity contribution >= 4 is 27.5 Å². The summed E-state index contributed by atoms with van der Waals surface area (Å²) in [5.74, 6) is 0.322. The minimum atomic E-state index is 0.116. The molecule has 120 valence electrons. The van der Waals surface area contributed by atoms with E-state index >= 15 is 0 Å². The molecule has 2 aliphatic rings. The molecule has 0 radical (unpaired) electrons. The maximum atomic E-state index is 12.4. The van der Waals surface area contributed by atoms with E-state index in [-0.39, 0.29) is 23.9 Å². The van der Waals surface area contributed by atoms with Crippen molar-refractivity contribution in [1.82, 2.24) is 5.32 Å². The molecule has 1 aromatic carbocycles. The van der Waals surface area contributed by atoms with Crippen LogP contribution in [0.5, 0.6) is 0 Å². The summed E-state index contributed by atoms with van der Waals surface area (Å²) >= 11 is 3.46. The number of benzene rings is 1. The van der Waals surface area contributed by atoms with Gasteiger partial charge in [-0.15, -0.1) is 0 Å².